The lowest BCUT2D eigenvalue weighted by Crippen LogP contribution is -2.47. The van der Waals surface area contributed by atoms with Gasteiger partial charge in [-0.05, 0) is 24.6 Å². The molecule has 2 atom stereocenters. The fourth-order valence-electron chi connectivity index (χ4n) is 2.66. The van der Waals surface area contributed by atoms with Crippen molar-refractivity contribution in [2.45, 2.75) is 19.4 Å². The number of aryl methyl sites for hydroxylation is 1. The highest BCUT2D eigenvalue weighted by molar-refractivity contribution is 7.85. The molecule has 18 heavy (non-hydrogen) atoms. The van der Waals surface area contributed by atoms with Crippen LogP contribution in [-0.2, 0) is 15.6 Å². The summed E-state index contributed by atoms with van der Waals surface area (Å²) in [6.07, 6.45) is 0.430. The predicted octanol–water partition coefficient (Wildman–Crippen LogP) is 1.27. The molecular weight excluding hydrogens is 248 g/mol. The van der Waals surface area contributed by atoms with Gasteiger partial charge in [0, 0.05) is 41.3 Å². The van der Waals surface area contributed by atoms with E-state index in [1.165, 1.54) is 5.56 Å². The highest BCUT2D eigenvalue weighted by atomic mass is 32.2. The SMILES string of the molecule is Cc1ccc2c(c1)N1CCS(=O)CC1CC(=O)N2. The number of carbonyl (C=O) groups excluding carboxylic acids is 1. The molecule has 5 heteroatoms. The van der Waals surface area contributed by atoms with Crippen LogP contribution in [0.25, 0.3) is 0 Å². The van der Waals surface area contributed by atoms with Gasteiger partial charge in [0.2, 0.25) is 5.91 Å². The number of amides is 1. The molecule has 3 rings (SSSR count). The summed E-state index contributed by atoms with van der Waals surface area (Å²) in [4.78, 5) is 14.1. The molecule has 2 aliphatic heterocycles. The molecule has 2 heterocycles. The maximum absolute atomic E-state index is 11.9. The third kappa shape index (κ3) is 2.03. The Morgan fingerprint density at radius 3 is 3.11 bits per heavy atom. The molecule has 96 valence electrons. The van der Waals surface area contributed by atoms with E-state index in [9.17, 15) is 9.00 Å². The first-order chi connectivity index (χ1) is 8.63. The second kappa shape index (κ2) is 4.39. The Balaban J connectivity index is 2.06. The Kier molecular flexibility index (Phi) is 2.86. The number of nitrogens with zero attached hydrogens (tertiary/aromatic N) is 1. The number of nitrogens with one attached hydrogen (secondary N) is 1. The molecule has 0 bridgehead atoms. The van der Waals surface area contributed by atoms with Gasteiger partial charge >= 0.3 is 0 Å². The van der Waals surface area contributed by atoms with Crippen LogP contribution >= 0.6 is 0 Å². The minimum absolute atomic E-state index is 0.0199. The first-order valence-corrected chi connectivity index (χ1v) is 7.64. The smallest absolute Gasteiger partial charge is 0.226 e. The summed E-state index contributed by atoms with van der Waals surface area (Å²) in [5.74, 6) is 1.31. The monoisotopic (exact) mass is 264 g/mol. The van der Waals surface area contributed by atoms with Gasteiger partial charge in [-0.15, -0.1) is 0 Å². The Labute approximate surface area is 109 Å². The lowest BCUT2D eigenvalue weighted by molar-refractivity contribution is -0.116. The lowest BCUT2D eigenvalue weighted by atomic mass is 10.1. The molecule has 1 fully saturated rings. The summed E-state index contributed by atoms with van der Waals surface area (Å²) in [5, 5.41) is 2.94. The van der Waals surface area contributed by atoms with Crippen LogP contribution in [0.5, 0.6) is 0 Å². The summed E-state index contributed by atoms with van der Waals surface area (Å²) in [7, 11) is -0.785. The summed E-state index contributed by atoms with van der Waals surface area (Å²) < 4.78 is 11.7. The molecule has 1 saturated heterocycles. The maximum atomic E-state index is 11.9. The van der Waals surface area contributed by atoms with Gasteiger partial charge in [-0.25, -0.2) is 0 Å². The summed E-state index contributed by atoms with van der Waals surface area (Å²) in [5.41, 5.74) is 3.12. The van der Waals surface area contributed by atoms with Crippen LogP contribution in [0, 0.1) is 6.92 Å². The second-order valence-corrected chi connectivity index (χ2v) is 6.55. The normalized spacial score (nSPS) is 26.9. The molecule has 0 aliphatic carbocycles. The number of fused-ring (bicyclic) bond motifs is 3. The molecule has 4 nitrogen and oxygen atoms in total. The molecule has 0 aromatic heterocycles. The van der Waals surface area contributed by atoms with Crippen molar-refractivity contribution in [3.63, 3.8) is 0 Å². The van der Waals surface area contributed by atoms with E-state index in [1.807, 2.05) is 19.1 Å². The van der Waals surface area contributed by atoms with Gasteiger partial charge in [-0.2, -0.15) is 0 Å². The van der Waals surface area contributed by atoms with E-state index in [4.69, 9.17) is 0 Å². The van der Waals surface area contributed by atoms with E-state index in [2.05, 4.69) is 16.3 Å². The molecule has 1 aromatic rings. The maximum Gasteiger partial charge on any atom is 0.226 e. The number of hydrogen-bond acceptors (Lipinski definition) is 3. The van der Waals surface area contributed by atoms with Crippen molar-refractivity contribution in [3.8, 4) is 0 Å². The van der Waals surface area contributed by atoms with Gasteiger partial charge in [0.25, 0.3) is 0 Å². The van der Waals surface area contributed by atoms with Gasteiger partial charge in [0.15, 0.2) is 0 Å². The number of rotatable bonds is 0. The van der Waals surface area contributed by atoms with E-state index in [0.717, 1.165) is 17.9 Å². The Morgan fingerprint density at radius 1 is 1.44 bits per heavy atom. The van der Waals surface area contributed by atoms with Gasteiger partial charge in [0.05, 0.1) is 11.4 Å². The molecule has 0 spiro atoms. The third-order valence-corrected chi connectivity index (χ3v) is 4.93. The standard InChI is InChI=1S/C13H16N2O2S/c1-9-2-3-11-12(6-9)15-4-5-18(17)8-10(15)7-13(16)14-11/h2-3,6,10H,4-5,7-8H2,1H3,(H,14,16). The molecule has 2 unspecified atom stereocenters. The number of carbonyl (C=O) groups is 1. The van der Waals surface area contributed by atoms with E-state index in [-0.39, 0.29) is 11.9 Å². The topological polar surface area (TPSA) is 49.4 Å². The molecule has 0 saturated carbocycles. The van der Waals surface area contributed by atoms with Crippen molar-refractivity contribution >= 4 is 28.1 Å². The van der Waals surface area contributed by atoms with Gasteiger partial charge in [0.1, 0.15) is 0 Å². The molecule has 1 N–H and O–H groups in total. The van der Waals surface area contributed by atoms with Crippen LogP contribution in [0.3, 0.4) is 0 Å². The molecule has 1 amide bonds. The molecular formula is C13H16N2O2S. The Hall–Kier alpha value is -1.36. The third-order valence-electron chi connectivity index (χ3n) is 3.54. The molecule has 1 aromatic carbocycles. The number of benzene rings is 1. The first kappa shape index (κ1) is 11.7. The van der Waals surface area contributed by atoms with E-state index >= 15 is 0 Å². The fourth-order valence-corrected chi connectivity index (χ4v) is 3.95. The van der Waals surface area contributed by atoms with Crippen LogP contribution in [0.4, 0.5) is 11.4 Å². The highest BCUT2D eigenvalue weighted by Gasteiger charge is 2.32. The van der Waals surface area contributed by atoms with Crippen LogP contribution in [-0.4, -0.2) is 34.2 Å². The predicted molar refractivity (Wildman–Crippen MR) is 73.4 cm³/mol. The van der Waals surface area contributed by atoms with Crippen molar-refractivity contribution in [2.75, 3.05) is 28.3 Å². The van der Waals surface area contributed by atoms with Crippen LogP contribution in [0.2, 0.25) is 0 Å². The van der Waals surface area contributed by atoms with Crippen molar-refractivity contribution in [1.29, 1.82) is 0 Å². The fraction of sp³-hybridized carbons (Fsp3) is 0.462. The summed E-state index contributed by atoms with van der Waals surface area (Å²) in [6.45, 7) is 2.81. The van der Waals surface area contributed by atoms with Crippen molar-refractivity contribution in [3.05, 3.63) is 23.8 Å². The number of anilines is 2. The lowest BCUT2D eigenvalue weighted by Gasteiger charge is -2.35. The quantitative estimate of drug-likeness (QED) is 0.768. The van der Waals surface area contributed by atoms with Crippen molar-refractivity contribution < 1.29 is 9.00 Å². The van der Waals surface area contributed by atoms with Crippen molar-refractivity contribution in [2.24, 2.45) is 0 Å². The first-order valence-electron chi connectivity index (χ1n) is 6.15. The van der Waals surface area contributed by atoms with Gasteiger partial charge in [-0.3, -0.25) is 9.00 Å². The van der Waals surface area contributed by atoms with E-state index in [1.54, 1.807) is 0 Å². The van der Waals surface area contributed by atoms with Crippen LogP contribution in [0.1, 0.15) is 12.0 Å². The highest BCUT2D eigenvalue weighted by Crippen LogP contribution is 2.33. The Morgan fingerprint density at radius 2 is 2.28 bits per heavy atom. The van der Waals surface area contributed by atoms with Gasteiger partial charge in [-0.1, -0.05) is 6.07 Å². The van der Waals surface area contributed by atoms with Crippen LogP contribution in [0.15, 0.2) is 18.2 Å². The van der Waals surface area contributed by atoms with Gasteiger partial charge < -0.3 is 10.2 Å². The van der Waals surface area contributed by atoms with E-state index < -0.39 is 10.8 Å². The largest absolute Gasteiger partial charge is 0.364 e. The van der Waals surface area contributed by atoms with Crippen LogP contribution < -0.4 is 10.2 Å². The average molecular weight is 264 g/mol. The number of hydrogen-bond donors (Lipinski definition) is 1. The molecule has 2 aliphatic rings. The summed E-state index contributed by atoms with van der Waals surface area (Å²) in [6, 6.07) is 6.13. The van der Waals surface area contributed by atoms with E-state index in [0.29, 0.717) is 17.9 Å². The zero-order valence-corrected chi connectivity index (χ0v) is 11.1. The summed E-state index contributed by atoms with van der Waals surface area (Å²) >= 11 is 0. The minimum Gasteiger partial charge on any atom is -0.364 e. The minimum atomic E-state index is -0.785. The Bertz CT molecular complexity index is 530. The zero-order chi connectivity index (χ0) is 12.7. The second-order valence-electron chi connectivity index (χ2n) is 4.93. The average Bonchev–Trinajstić information content (AvgIpc) is 2.44. The molecule has 0 radical (unpaired) electrons. The zero-order valence-electron chi connectivity index (χ0n) is 10.3. The van der Waals surface area contributed by atoms with Crippen molar-refractivity contribution in [1.82, 2.24) is 0 Å².